The Balaban J connectivity index is 1.60. The van der Waals surface area contributed by atoms with Gasteiger partial charge in [0, 0.05) is 18.5 Å². The van der Waals surface area contributed by atoms with Gasteiger partial charge in [0.05, 0.1) is 27.7 Å². The number of ketones is 1. The first-order valence-corrected chi connectivity index (χ1v) is 11.9. The number of aromatic amines is 1. The van der Waals surface area contributed by atoms with Crippen LogP contribution >= 0.6 is 11.8 Å². The number of hydrogen-bond acceptors (Lipinski definition) is 8. The van der Waals surface area contributed by atoms with E-state index in [4.69, 9.17) is 10.5 Å². The van der Waals surface area contributed by atoms with Gasteiger partial charge in [-0.1, -0.05) is 24.6 Å². The Morgan fingerprint density at radius 2 is 2.18 bits per heavy atom. The van der Waals surface area contributed by atoms with Gasteiger partial charge in [-0.2, -0.15) is 0 Å². The van der Waals surface area contributed by atoms with Crippen molar-refractivity contribution in [3.05, 3.63) is 33.6 Å². The fourth-order valence-corrected chi connectivity index (χ4v) is 5.57. The number of nitrogens with zero attached hydrogens (tertiary/aromatic N) is 3. The lowest BCUT2D eigenvalue weighted by Crippen LogP contribution is -2.42. The molecule has 174 valence electrons. The third kappa shape index (κ3) is 3.45. The van der Waals surface area contributed by atoms with Crippen molar-refractivity contribution in [1.29, 1.82) is 0 Å². The topological polar surface area (TPSA) is 128 Å². The Morgan fingerprint density at radius 3 is 2.85 bits per heavy atom. The van der Waals surface area contributed by atoms with Crippen LogP contribution in [0, 0.1) is 12.7 Å². The van der Waals surface area contributed by atoms with Crippen molar-refractivity contribution in [2.24, 2.45) is 0 Å². The van der Waals surface area contributed by atoms with Crippen molar-refractivity contribution in [3.8, 4) is 5.75 Å². The highest BCUT2D eigenvalue weighted by Crippen LogP contribution is 2.48. The number of hydrogen-bond donors (Lipinski definition) is 3. The van der Waals surface area contributed by atoms with Crippen LogP contribution in [0.15, 0.2) is 16.1 Å². The number of fused-ring (bicyclic) bond motifs is 1. The minimum Gasteiger partial charge on any atom is -0.487 e. The number of pyridine rings is 1. The zero-order valence-electron chi connectivity index (χ0n) is 18.5. The van der Waals surface area contributed by atoms with Gasteiger partial charge in [0.15, 0.2) is 17.3 Å². The molecular formula is C22H25FN6O3S. The van der Waals surface area contributed by atoms with Gasteiger partial charge in [0.2, 0.25) is 10.6 Å². The molecule has 0 saturated heterocycles. The number of Topliss-reactive ketones (excluding diaryl/α,β-unsaturated/α-hetero) is 1. The lowest BCUT2D eigenvalue weighted by Gasteiger charge is -2.39. The number of carbonyl (C=O) groups is 1. The number of nitrogens with two attached hydrogens (primary N) is 1. The number of aromatic nitrogens is 4. The molecular weight excluding hydrogens is 447 g/mol. The molecule has 4 N–H and O–H groups in total. The predicted octanol–water partition coefficient (Wildman–Crippen LogP) is 3.22. The molecule has 0 amide bonds. The number of benzene rings is 1. The van der Waals surface area contributed by atoms with E-state index in [0.717, 1.165) is 31.5 Å². The van der Waals surface area contributed by atoms with E-state index >= 15 is 4.39 Å². The van der Waals surface area contributed by atoms with Crippen molar-refractivity contribution in [2.45, 2.75) is 50.2 Å². The van der Waals surface area contributed by atoms with Gasteiger partial charge in [-0.15, -0.1) is 5.10 Å². The van der Waals surface area contributed by atoms with Gasteiger partial charge in [-0.3, -0.25) is 14.7 Å². The summed E-state index contributed by atoms with van der Waals surface area (Å²) in [4.78, 5) is 29.6. The third-order valence-corrected chi connectivity index (χ3v) is 7.35. The van der Waals surface area contributed by atoms with Crippen LogP contribution < -0.4 is 21.2 Å². The highest BCUT2D eigenvalue weighted by atomic mass is 32.2. The van der Waals surface area contributed by atoms with E-state index < -0.39 is 11.2 Å². The van der Waals surface area contributed by atoms with Crippen LogP contribution in [0.2, 0.25) is 0 Å². The van der Waals surface area contributed by atoms with Crippen LogP contribution in [0.1, 0.15) is 48.8 Å². The molecule has 3 heterocycles. The number of ether oxygens (including phenoxy) is 1. The van der Waals surface area contributed by atoms with Crippen LogP contribution in [-0.2, 0) is 5.54 Å². The lowest BCUT2D eigenvalue weighted by atomic mass is 9.93. The number of aryl methyl sites for hydroxylation is 1. The molecule has 2 aromatic heterocycles. The monoisotopic (exact) mass is 472 g/mol. The maximum atomic E-state index is 15.4. The van der Waals surface area contributed by atoms with E-state index in [-0.39, 0.29) is 39.4 Å². The first-order valence-electron chi connectivity index (χ1n) is 10.9. The molecule has 9 nitrogen and oxygen atoms in total. The molecule has 3 aromatic rings. The number of nitrogens with one attached hydrogen (secondary N) is 2. The van der Waals surface area contributed by atoms with Gasteiger partial charge < -0.3 is 20.4 Å². The van der Waals surface area contributed by atoms with Crippen LogP contribution in [0.5, 0.6) is 5.75 Å². The molecule has 0 bridgehead atoms. The summed E-state index contributed by atoms with van der Waals surface area (Å²) in [5, 5.41) is 10.6. The van der Waals surface area contributed by atoms with Crippen molar-refractivity contribution in [3.63, 3.8) is 0 Å². The largest absolute Gasteiger partial charge is 0.487 e. The number of halogens is 1. The van der Waals surface area contributed by atoms with Crippen molar-refractivity contribution < 1.29 is 13.9 Å². The first kappa shape index (κ1) is 21.7. The fourth-order valence-electron chi connectivity index (χ4n) is 4.87. The molecule has 0 radical (unpaired) electrons. The second kappa shape index (κ2) is 8.05. The number of rotatable bonds is 6. The molecule has 1 aliphatic heterocycles. The van der Waals surface area contributed by atoms with Gasteiger partial charge >= 0.3 is 0 Å². The normalized spacial score (nSPS) is 16.3. The second-order valence-electron chi connectivity index (χ2n) is 8.65. The minimum atomic E-state index is -0.747. The smallest absolute Gasteiger partial charge is 0.208 e. The van der Waals surface area contributed by atoms with Crippen molar-refractivity contribution in [1.82, 2.24) is 19.7 Å². The first-order chi connectivity index (χ1) is 15.8. The maximum absolute atomic E-state index is 15.4. The van der Waals surface area contributed by atoms with Crippen LogP contribution in [0.25, 0.3) is 10.9 Å². The Bertz CT molecular complexity index is 1330. The summed E-state index contributed by atoms with van der Waals surface area (Å²) in [7, 11) is 0. The number of nitrogen functional groups attached to an aromatic ring is 1. The van der Waals surface area contributed by atoms with Gasteiger partial charge in [-0.05, 0) is 26.7 Å². The summed E-state index contributed by atoms with van der Waals surface area (Å²) in [6.07, 6.45) is 5.36. The number of carbonyl (C=O) groups excluding carboxylic acids is 1. The molecule has 33 heavy (non-hydrogen) atoms. The molecule has 11 heteroatoms. The molecule has 0 atom stereocenters. The standard InChI is InChI=1S/C22H25FN6O3S/c1-11(30)13-9-29-18-14(19(13)31)16(24)15(23)17(20(18)32-10-22(29)5-3-4-6-22)25-7-8-33-21-26-12(2)27-28-21/h9,25H,3-8,10,24H2,1-2H3,(H,26,27,28). The molecule has 2 aliphatic rings. The zero-order chi connectivity index (χ0) is 23.3. The Kier molecular flexibility index (Phi) is 5.31. The predicted molar refractivity (Wildman–Crippen MR) is 125 cm³/mol. The van der Waals surface area contributed by atoms with E-state index in [1.807, 2.05) is 11.5 Å². The molecule has 5 rings (SSSR count). The maximum Gasteiger partial charge on any atom is 0.208 e. The van der Waals surface area contributed by atoms with E-state index in [2.05, 4.69) is 20.5 Å². The van der Waals surface area contributed by atoms with Crippen molar-refractivity contribution in [2.75, 3.05) is 30.0 Å². The summed E-state index contributed by atoms with van der Waals surface area (Å²) >= 11 is 1.42. The van der Waals surface area contributed by atoms with E-state index in [1.54, 1.807) is 6.20 Å². The van der Waals surface area contributed by atoms with E-state index in [0.29, 0.717) is 29.6 Å². The summed E-state index contributed by atoms with van der Waals surface area (Å²) in [6, 6.07) is 0. The van der Waals surface area contributed by atoms with Gasteiger partial charge in [0.1, 0.15) is 18.1 Å². The summed E-state index contributed by atoms with van der Waals surface area (Å²) in [6.45, 7) is 3.90. The molecule has 1 saturated carbocycles. The molecule has 1 fully saturated rings. The van der Waals surface area contributed by atoms with Crippen LogP contribution in [-0.4, -0.2) is 44.4 Å². The number of thioether (sulfide) groups is 1. The lowest BCUT2D eigenvalue weighted by molar-refractivity contribution is 0.101. The highest BCUT2D eigenvalue weighted by molar-refractivity contribution is 7.99. The molecule has 0 unspecified atom stereocenters. The summed E-state index contributed by atoms with van der Waals surface area (Å²) in [5.74, 6) is 0.449. The Hall–Kier alpha value is -3.08. The van der Waals surface area contributed by atoms with Gasteiger partial charge in [0.25, 0.3) is 0 Å². The fraction of sp³-hybridized carbons (Fsp3) is 0.455. The zero-order valence-corrected chi connectivity index (χ0v) is 19.3. The molecule has 1 aromatic carbocycles. The quantitative estimate of drug-likeness (QED) is 0.216. The van der Waals surface area contributed by atoms with Crippen LogP contribution in [0.4, 0.5) is 15.8 Å². The summed E-state index contributed by atoms with van der Waals surface area (Å²) < 4.78 is 23.5. The van der Waals surface area contributed by atoms with Gasteiger partial charge in [-0.25, -0.2) is 9.37 Å². The molecule has 1 aliphatic carbocycles. The van der Waals surface area contributed by atoms with Crippen molar-refractivity contribution >= 4 is 39.8 Å². The molecule has 1 spiro atoms. The summed E-state index contributed by atoms with van der Waals surface area (Å²) in [5.41, 5.74) is 5.57. The van der Waals surface area contributed by atoms with Crippen LogP contribution in [0.3, 0.4) is 0 Å². The minimum absolute atomic E-state index is 0.0114. The second-order valence-corrected chi connectivity index (χ2v) is 9.71. The number of anilines is 2. The van der Waals surface area contributed by atoms with E-state index in [1.165, 1.54) is 18.7 Å². The third-order valence-electron chi connectivity index (χ3n) is 6.50. The average molecular weight is 473 g/mol. The Morgan fingerprint density at radius 1 is 1.42 bits per heavy atom. The van der Waals surface area contributed by atoms with E-state index in [9.17, 15) is 9.59 Å². The Labute approximate surface area is 193 Å². The average Bonchev–Trinajstić information content (AvgIpc) is 3.42. The SMILES string of the molecule is CC(=O)c1cn2c3c(c(NCCSc4n[nH]c(C)n4)c(F)c(N)c3c1=O)OCC21CCCC1. The highest BCUT2D eigenvalue weighted by Gasteiger charge is 2.42. The number of H-pyrrole nitrogens is 1.